The van der Waals surface area contributed by atoms with Crippen LogP contribution in [0.3, 0.4) is 0 Å². The van der Waals surface area contributed by atoms with Crippen LogP contribution in [-0.2, 0) is 22.6 Å². The van der Waals surface area contributed by atoms with Crippen LogP contribution in [0.5, 0.6) is 0 Å². The second-order valence-corrected chi connectivity index (χ2v) is 8.35. The number of carbonyl (C=O) groups excluding carboxylic acids is 2. The van der Waals surface area contributed by atoms with E-state index >= 15 is 0 Å². The lowest BCUT2D eigenvalue weighted by molar-refractivity contribution is -0.134. The van der Waals surface area contributed by atoms with Gasteiger partial charge in [-0.2, -0.15) is 0 Å². The lowest BCUT2D eigenvalue weighted by Crippen LogP contribution is -2.52. The third-order valence-corrected chi connectivity index (χ3v) is 5.50. The van der Waals surface area contributed by atoms with Gasteiger partial charge in [0.25, 0.3) is 0 Å². The summed E-state index contributed by atoms with van der Waals surface area (Å²) in [6, 6.07) is 2.09. The van der Waals surface area contributed by atoms with Gasteiger partial charge < -0.3 is 16.0 Å². The normalized spacial score (nSPS) is 16.6. The molecule has 2 heterocycles. The summed E-state index contributed by atoms with van der Waals surface area (Å²) in [5.74, 6) is 0.416. The third kappa shape index (κ3) is 5.05. The molecule has 0 spiro atoms. The Balaban J connectivity index is 1.80. The van der Waals surface area contributed by atoms with Crippen LogP contribution in [0.2, 0.25) is 0 Å². The Morgan fingerprint density at radius 3 is 2.83 bits per heavy atom. The van der Waals surface area contributed by atoms with Gasteiger partial charge in [-0.3, -0.25) is 9.59 Å². The molecule has 0 bridgehead atoms. The topological polar surface area (TPSA) is 75.4 Å². The monoisotopic (exact) mass is 351 g/mol. The molecule has 0 aliphatic carbocycles. The van der Waals surface area contributed by atoms with Crippen LogP contribution < -0.4 is 11.1 Å². The maximum atomic E-state index is 12.4. The standard InChI is InChI=1S/C18H29N3O2S/c1-13(2)10-18(3,12-19)20-16(22)4-5-17(23)21-8-6-15-14(11-21)7-9-24-15/h7,9,13H,4-6,8,10-12,19H2,1-3H3,(H,20,22). The molecular formula is C18H29N3O2S. The minimum atomic E-state index is -0.398. The van der Waals surface area contributed by atoms with Crippen LogP contribution in [-0.4, -0.2) is 35.3 Å². The van der Waals surface area contributed by atoms with Crippen molar-refractivity contribution < 1.29 is 9.59 Å². The Labute approximate surface area is 148 Å². The highest BCUT2D eigenvalue weighted by Crippen LogP contribution is 2.24. The SMILES string of the molecule is CC(C)CC(C)(CN)NC(=O)CCC(=O)N1CCc2sccc2C1. The van der Waals surface area contributed by atoms with Crippen LogP contribution in [0, 0.1) is 5.92 Å². The molecule has 0 radical (unpaired) electrons. The smallest absolute Gasteiger partial charge is 0.223 e. The van der Waals surface area contributed by atoms with Gasteiger partial charge in [-0.1, -0.05) is 13.8 Å². The first-order valence-corrected chi connectivity index (χ1v) is 9.55. The average molecular weight is 352 g/mol. The van der Waals surface area contributed by atoms with Crippen molar-refractivity contribution in [3.63, 3.8) is 0 Å². The highest BCUT2D eigenvalue weighted by molar-refractivity contribution is 7.10. The minimum Gasteiger partial charge on any atom is -0.350 e. The van der Waals surface area contributed by atoms with E-state index < -0.39 is 5.54 Å². The molecule has 2 amide bonds. The molecule has 1 aliphatic rings. The molecule has 134 valence electrons. The maximum absolute atomic E-state index is 12.4. The van der Waals surface area contributed by atoms with E-state index in [1.165, 1.54) is 10.4 Å². The van der Waals surface area contributed by atoms with Crippen LogP contribution in [0.15, 0.2) is 11.4 Å². The molecule has 1 unspecified atom stereocenters. The van der Waals surface area contributed by atoms with E-state index in [0.717, 1.165) is 19.4 Å². The Morgan fingerprint density at radius 2 is 2.17 bits per heavy atom. The van der Waals surface area contributed by atoms with Crippen LogP contribution >= 0.6 is 11.3 Å². The van der Waals surface area contributed by atoms with Crippen molar-refractivity contribution in [1.29, 1.82) is 0 Å². The molecule has 1 aromatic heterocycles. The van der Waals surface area contributed by atoms with Crippen molar-refractivity contribution in [2.45, 2.75) is 58.5 Å². The van der Waals surface area contributed by atoms with Gasteiger partial charge in [-0.25, -0.2) is 0 Å². The molecule has 0 saturated carbocycles. The Hall–Kier alpha value is -1.40. The number of amides is 2. The van der Waals surface area contributed by atoms with Crippen LogP contribution in [0.4, 0.5) is 0 Å². The summed E-state index contributed by atoms with van der Waals surface area (Å²) in [4.78, 5) is 27.8. The number of rotatable bonds is 7. The Kier molecular flexibility index (Phi) is 6.40. The van der Waals surface area contributed by atoms with Gasteiger partial charge >= 0.3 is 0 Å². The van der Waals surface area contributed by atoms with E-state index in [0.29, 0.717) is 19.0 Å². The van der Waals surface area contributed by atoms with E-state index in [-0.39, 0.29) is 24.7 Å². The first-order valence-electron chi connectivity index (χ1n) is 8.67. The van der Waals surface area contributed by atoms with E-state index in [4.69, 9.17) is 5.73 Å². The Bertz CT molecular complexity index is 585. The maximum Gasteiger partial charge on any atom is 0.223 e. The van der Waals surface area contributed by atoms with Crippen molar-refractivity contribution in [1.82, 2.24) is 10.2 Å². The molecule has 1 aromatic rings. The molecule has 0 aromatic carbocycles. The second kappa shape index (κ2) is 8.12. The van der Waals surface area contributed by atoms with Crippen molar-refractivity contribution in [3.8, 4) is 0 Å². The molecule has 1 atom stereocenters. The number of hydrogen-bond acceptors (Lipinski definition) is 4. The highest BCUT2D eigenvalue weighted by Gasteiger charge is 2.27. The molecule has 6 heteroatoms. The molecule has 2 rings (SSSR count). The number of fused-ring (bicyclic) bond motifs is 1. The first-order chi connectivity index (χ1) is 11.3. The predicted octanol–water partition coefficient (Wildman–Crippen LogP) is 2.29. The number of nitrogens with zero attached hydrogens (tertiary/aromatic N) is 1. The average Bonchev–Trinajstić information content (AvgIpc) is 2.99. The summed E-state index contributed by atoms with van der Waals surface area (Å²) < 4.78 is 0. The largest absolute Gasteiger partial charge is 0.350 e. The fraction of sp³-hybridized carbons (Fsp3) is 0.667. The fourth-order valence-corrected chi connectivity index (χ4v) is 4.22. The minimum absolute atomic E-state index is 0.0558. The van der Waals surface area contributed by atoms with Gasteiger partial charge in [0.2, 0.25) is 11.8 Å². The zero-order valence-corrected chi connectivity index (χ0v) is 15.7. The number of nitrogens with two attached hydrogens (primary N) is 1. The van der Waals surface area contributed by atoms with Gasteiger partial charge in [-0.15, -0.1) is 11.3 Å². The van der Waals surface area contributed by atoms with Crippen molar-refractivity contribution in [2.75, 3.05) is 13.1 Å². The van der Waals surface area contributed by atoms with Crippen molar-refractivity contribution in [2.24, 2.45) is 11.7 Å². The Morgan fingerprint density at radius 1 is 1.42 bits per heavy atom. The van der Waals surface area contributed by atoms with E-state index in [1.807, 2.05) is 11.8 Å². The molecule has 1 aliphatic heterocycles. The summed E-state index contributed by atoms with van der Waals surface area (Å²) in [5.41, 5.74) is 6.67. The molecule has 0 fully saturated rings. The lowest BCUT2D eigenvalue weighted by Gasteiger charge is -2.31. The first kappa shape index (κ1) is 18.9. The quantitative estimate of drug-likeness (QED) is 0.791. The van der Waals surface area contributed by atoms with Crippen molar-refractivity contribution >= 4 is 23.2 Å². The van der Waals surface area contributed by atoms with Crippen LogP contribution in [0.1, 0.15) is 50.5 Å². The molecule has 0 saturated heterocycles. The fourth-order valence-electron chi connectivity index (χ4n) is 3.33. The number of carbonyl (C=O) groups is 2. The molecule has 24 heavy (non-hydrogen) atoms. The second-order valence-electron chi connectivity index (χ2n) is 7.35. The predicted molar refractivity (Wildman–Crippen MR) is 97.7 cm³/mol. The summed E-state index contributed by atoms with van der Waals surface area (Å²) in [6.45, 7) is 8.01. The van der Waals surface area contributed by atoms with Crippen molar-refractivity contribution in [3.05, 3.63) is 21.9 Å². The van der Waals surface area contributed by atoms with E-state index in [1.54, 1.807) is 11.3 Å². The van der Waals surface area contributed by atoms with Crippen LogP contribution in [0.25, 0.3) is 0 Å². The molecule has 5 nitrogen and oxygen atoms in total. The van der Waals surface area contributed by atoms with E-state index in [2.05, 4.69) is 30.6 Å². The number of nitrogens with one attached hydrogen (secondary N) is 1. The van der Waals surface area contributed by atoms with Gasteiger partial charge in [0.1, 0.15) is 0 Å². The zero-order chi connectivity index (χ0) is 17.7. The molecular weight excluding hydrogens is 322 g/mol. The molecule has 3 N–H and O–H groups in total. The summed E-state index contributed by atoms with van der Waals surface area (Å²) >= 11 is 1.76. The lowest BCUT2D eigenvalue weighted by atomic mass is 9.90. The summed E-state index contributed by atoms with van der Waals surface area (Å²) in [6.07, 6.45) is 2.23. The number of thiophene rings is 1. The van der Waals surface area contributed by atoms with Gasteiger partial charge in [-0.05, 0) is 42.7 Å². The zero-order valence-electron chi connectivity index (χ0n) is 14.9. The summed E-state index contributed by atoms with van der Waals surface area (Å²) in [5, 5.41) is 5.09. The third-order valence-electron chi connectivity index (χ3n) is 4.48. The van der Waals surface area contributed by atoms with E-state index in [9.17, 15) is 9.59 Å². The van der Waals surface area contributed by atoms with Gasteiger partial charge in [0, 0.05) is 42.9 Å². The number of hydrogen-bond donors (Lipinski definition) is 2. The van der Waals surface area contributed by atoms with Gasteiger partial charge in [0.05, 0.1) is 0 Å². The summed E-state index contributed by atoms with van der Waals surface area (Å²) in [7, 11) is 0. The van der Waals surface area contributed by atoms with Gasteiger partial charge in [0.15, 0.2) is 0 Å². The highest BCUT2D eigenvalue weighted by atomic mass is 32.1.